The van der Waals surface area contributed by atoms with E-state index >= 15 is 0 Å². The van der Waals surface area contributed by atoms with Crippen molar-refractivity contribution in [3.8, 4) is 0 Å². The van der Waals surface area contributed by atoms with Gasteiger partial charge in [0.05, 0.1) is 10.7 Å². The Kier molecular flexibility index (Phi) is 4.09. The lowest BCUT2D eigenvalue weighted by Gasteiger charge is -2.14. The van der Waals surface area contributed by atoms with Gasteiger partial charge in [0, 0.05) is 13.1 Å². The highest BCUT2D eigenvalue weighted by atomic mass is 35.5. The van der Waals surface area contributed by atoms with Crippen LogP contribution in [0.25, 0.3) is 0 Å². The Hall–Kier alpha value is -1.26. The number of carboxylic acid groups (broad SMARTS) is 1. The fraction of sp³-hybridized carbons (Fsp3) is 0.462. The predicted molar refractivity (Wildman–Crippen MR) is 72.5 cm³/mol. The van der Waals surface area contributed by atoms with Gasteiger partial charge >= 0.3 is 5.97 Å². The molecule has 1 aromatic carbocycles. The highest BCUT2D eigenvalue weighted by Gasteiger charge is 2.20. The van der Waals surface area contributed by atoms with Gasteiger partial charge in [-0.2, -0.15) is 0 Å². The molecular weight excluding hydrogens is 252 g/mol. The standard InChI is InChI=1S/C13H17ClN2O2/c1-16-6-5-9(8-16)7-15-11-4-2-3-10(14)12(11)13(17)18/h2-4,9,15H,5-8H2,1H3,(H,17,18). The van der Waals surface area contributed by atoms with Crippen molar-refractivity contribution in [2.24, 2.45) is 5.92 Å². The summed E-state index contributed by atoms with van der Waals surface area (Å²) in [7, 11) is 2.10. The topological polar surface area (TPSA) is 52.6 Å². The van der Waals surface area contributed by atoms with E-state index in [0.717, 1.165) is 26.1 Å². The predicted octanol–water partition coefficient (Wildman–Crippen LogP) is 2.40. The maximum absolute atomic E-state index is 11.2. The number of anilines is 1. The van der Waals surface area contributed by atoms with Gasteiger partial charge in [-0.05, 0) is 38.1 Å². The van der Waals surface area contributed by atoms with Crippen molar-refractivity contribution >= 4 is 23.3 Å². The number of likely N-dealkylation sites (tertiary alicyclic amines) is 1. The second-order valence-corrected chi connectivity index (χ2v) is 5.17. The molecule has 98 valence electrons. The molecule has 0 spiro atoms. The van der Waals surface area contributed by atoms with Gasteiger partial charge in [0.15, 0.2) is 0 Å². The van der Waals surface area contributed by atoms with Crippen LogP contribution in [-0.4, -0.2) is 42.7 Å². The van der Waals surface area contributed by atoms with Gasteiger partial charge < -0.3 is 15.3 Å². The molecule has 4 nitrogen and oxygen atoms in total. The van der Waals surface area contributed by atoms with Crippen LogP contribution in [0.4, 0.5) is 5.69 Å². The minimum atomic E-state index is -0.994. The van der Waals surface area contributed by atoms with Crippen LogP contribution in [-0.2, 0) is 0 Å². The number of nitrogens with one attached hydrogen (secondary N) is 1. The summed E-state index contributed by atoms with van der Waals surface area (Å²) in [5.74, 6) is -0.428. The number of hydrogen-bond donors (Lipinski definition) is 2. The van der Waals surface area contributed by atoms with E-state index in [4.69, 9.17) is 16.7 Å². The SMILES string of the molecule is CN1CCC(CNc2cccc(Cl)c2C(=O)O)C1. The number of nitrogens with zero attached hydrogens (tertiary/aromatic N) is 1. The van der Waals surface area contributed by atoms with Crippen LogP contribution in [0.15, 0.2) is 18.2 Å². The first-order chi connectivity index (χ1) is 8.58. The maximum Gasteiger partial charge on any atom is 0.339 e. The van der Waals surface area contributed by atoms with E-state index in [1.165, 1.54) is 0 Å². The number of benzene rings is 1. The molecule has 0 aliphatic carbocycles. The third-order valence-corrected chi connectivity index (χ3v) is 3.61. The molecule has 5 heteroatoms. The Morgan fingerprint density at radius 1 is 1.61 bits per heavy atom. The van der Waals surface area contributed by atoms with Crippen LogP contribution in [0, 0.1) is 5.92 Å². The summed E-state index contributed by atoms with van der Waals surface area (Å²) < 4.78 is 0. The molecular formula is C13H17ClN2O2. The molecule has 1 aliphatic rings. The van der Waals surface area contributed by atoms with Crippen LogP contribution >= 0.6 is 11.6 Å². The Morgan fingerprint density at radius 2 is 2.39 bits per heavy atom. The highest BCUT2D eigenvalue weighted by Crippen LogP contribution is 2.25. The zero-order valence-electron chi connectivity index (χ0n) is 10.3. The van der Waals surface area contributed by atoms with Gasteiger partial charge in [-0.15, -0.1) is 0 Å². The average Bonchev–Trinajstić information content (AvgIpc) is 2.72. The van der Waals surface area contributed by atoms with Gasteiger partial charge in [-0.3, -0.25) is 0 Å². The molecule has 1 atom stereocenters. The van der Waals surface area contributed by atoms with Crippen molar-refractivity contribution in [3.05, 3.63) is 28.8 Å². The van der Waals surface area contributed by atoms with E-state index in [9.17, 15) is 4.79 Å². The summed E-state index contributed by atoms with van der Waals surface area (Å²) in [5.41, 5.74) is 0.759. The van der Waals surface area contributed by atoms with E-state index in [1.54, 1.807) is 18.2 Å². The molecule has 1 unspecified atom stereocenters. The van der Waals surface area contributed by atoms with Crippen molar-refractivity contribution in [1.82, 2.24) is 4.90 Å². The van der Waals surface area contributed by atoms with Crippen LogP contribution < -0.4 is 5.32 Å². The van der Waals surface area contributed by atoms with Gasteiger partial charge in [0.2, 0.25) is 0 Å². The molecule has 18 heavy (non-hydrogen) atoms. The molecule has 1 aromatic rings. The molecule has 1 fully saturated rings. The molecule has 1 aliphatic heterocycles. The third-order valence-electron chi connectivity index (χ3n) is 3.30. The lowest BCUT2D eigenvalue weighted by molar-refractivity contribution is 0.0698. The molecule has 1 saturated heterocycles. The smallest absolute Gasteiger partial charge is 0.339 e. The number of aromatic carboxylic acids is 1. The number of hydrogen-bond acceptors (Lipinski definition) is 3. The fourth-order valence-electron chi connectivity index (χ4n) is 2.34. The molecule has 0 aromatic heterocycles. The Bertz CT molecular complexity index is 451. The van der Waals surface area contributed by atoms with Gasteiger partial charge in [0.1, 0.15) is 5.56 Å². The van der Waals surface area contributed by atoms with E-state index in [1.807, 2.05) is 0 Å². The molecule has 2 rings (SSSR count). The summed E-state index contributed by atoms with van der Waals surface area (Å²) in [6, 6.07) is 5.12. The minimum absolute atomic E-state index is 0.158. The van der Waals surface area contributed by atoms with E-state index in [-0.39, 0.29) is 10.6 Å². The van der Waals surface area contributed by atoms with Gasteiger partial charge in [-0.25, -0.2) is 4.79 Å². The summed E-state index contributed by atoms with van der Waals surface area (Å²) in [6.07, 6.45) is 1.15. The number of rotatable bonds is 4. The number of carbonyl (C=O) groups is 1. The summed E-state index contributed by atoms with van der Waals surface area (Å²) in [4.78, 5) is 13.4. The van der Waals surface area contributed by atoms with Crippen molar-refractivity contribution in [2.75, 3.05) is 32.0 Å². The van der Waals surface area contributed by atoms with Gasteiger partial charge in [-0.1, -0.05) is 17.7 Å². The van der Waals surface area contributed by atoms with E-state index in [0.29, 0.717) is 11.6 Å². The van der Waals surface area contributed by atoms with Crippen LogP contribution in [0.1, 0.15) is 16.8 Å². The van der Waals surface area contributed by atoms with E-state index < -0.39 is 5.97 Å². The minimum Gasteiger partial charge on any atom is -0.478 e. The van der Waals surface area contributed by atoms with Crippen molar-refractivity contribution in [1.29, 1.82) is 0 Å². The second-order valence-electron chi connectivity index (χ2n) is 4.77. The van der Waals surface area contributed by atoms with Crippen molar-refractivity contribution in [2.45, 2.75) is 6.42 Å². The zero-order chi connectivity index (χ0) is 13.1. The number of halogens is 1. The summed E-state index contributed by atoms with van der Waals surface area (Å²) in [5, 5.41) is 12.6. The lowest BCUT2D eigenvalue weighted by Crippen LogP contribution is -2.20. The van der Waals surface area contributed by atoms with Gasteiger partial charge in [0.25, 0.3) is 0 Å². The largest absolute Gasteiger partial charge is 0.478 e. The molecule has 0 bridgehead atoms. The van der Waals surface area contributed by atoms with Crippen LogP contribution in [0.5, 0.6) is 0 Å². The molecule has 1 heterocycles. The first kappa shape index (κ1) is 13.2. The Labute approximate surface area is 112 Å². The first-order valence-electron chi connectivity index (χ1n) is 6.02. The highest BCUT2D eigenvalue weighted by molar-refractivity contribution is 6.34. The van der Waals surface area contributed by atoms with E-state index in [2.05, 4.69) is 17.3 Å². The normalized spacial score (nSPS) is 20.0. The molecule has 0 amide bonds. The van der Waals surface area contributed by atoms with Crippen LogP contribution in [0.3, 0.4) is 0 Å². The molecule has 0 saturated carbocycles. The third kappa shape index (κ3) is 2.94. The quantitative estimate of drug-likeness (QED) is 0.881. The monoisotopic (exact) mass is 268 g/mol. The maximum atomic E-state index is 11.2. The van der Waals surface area contributed by atoms with Crippen molar-refractivity contribution in [3.63, 3.8) is 0 Å². The van der Waals surface area contributed by atoms with Crippen molar-refractivity contribution < 1.29 is 9.90 Å². The summed E-state index contributed by atoms with van der Waals surface area (Å²) in [6.45, 7) is 2.94. The second kappa shape index (κ2) is 5.59. The Morgan fingerprint density at radius 3 is 3.00 bits per heavy atom. The Balaban J connectivity index is 2.05. The molecule has 2 N–H and O–H groups in total. The van der Waals surface area contributed by atoms with Crippen LogP contribution in [0.2, 0.25) is 5.02 Å². The zero-order valence-corrected chi connectivity index (χ0v) is 11.1. The summed E-state index contributed by atoms with van der Waals surface area (Å²) >= 11 is 5.91. The molecule has 0 radical (unpaired) electrons. The average molecular weight is 269 g/mol. The first-order valence-corrected chi connectivity index (χ1v) is 6.40. The lowest BCUT2D eigenvalue weighted by atomic mass is 10.1. The number of carboxylic acids is 1. The fourth-order valence-corrected chi connectivity index (χ4v) is 2.59.